The van der Waals surface area contributed by atoms with Crippen LogP contribution in [-0.4, -0.2) is 62.4 Å². The van der Waals surface area contributed by atoms with Gasteiger partial charge in [0.05, 0.1) is 13.7 Å². The van der Waals surface area contributed by atoms with Gasteiger partial charge in [0.2, 0.25) is 0 Å². The Labute approximate surface area is 123 Å². The molecule has 0 heterocycles. The number of carbonyl (C=O) groups excluding carboxylic acids is 1. The van der Waals surface area contributed by atoms with E-state index in [1.165, 1.54) is 7.11 Å². The van der Waals surface area contributed by atoms with Gasteiger partial charge in [0, 0.05) is 25.7 Å². The molecular formula is C15H30N2O3. The van der Waals surface area contributed by atoms with Crippen LogP contribution in [0.5, 0.6) is 0 Å². The molecule has 0 amide bonds. The van der Waals surface area contributed by atoms with Gasteiger partial charge in [-0.05, 0) is 39.7 Å². The van der Waals surface area contributed by atoms with Crippen LogP contribution in [0.1, 0.15) is 40.0 Å². The quantitative estimate of drug-likeness (QED) is 0.616. The van der Waals surface area contributed by atoms with E-state index in [4.69, 9.17) is 9.47 Å². The minimum absolute atomic E-state index is 0.167. The molecule has 1 fully saturated rings. The van der Waals surface area contributed by atoms with Crippen LogP contribution in [0.2, 0.25) is 0 Å². The van der Waals surface area contributed by atoms with Crippen molar-refractivity contribution in [3.8, 4) is 0 Å². The second-order valence-corrected chi connectivity index (χ2v) is 5.93. The van der Waals surface area contributed by atoms with Gasteiger partial charge >= 0.3 is 5.97 Å². The summed E-state index contributed by atoms with van der Waals surface area (Å²) in [6, 6.07) is 0.832. The molecule has 5 heteroatoms. The van der Waals surface area contributed by atoms with Gasteiger partial charge in [0.25, 0.3) is 0 Å². The predicted molar refractivity (Wildman–Crippen MR) is 79.8 cm³/mol. The fourth-order valence-corrected chi connectivity index (χ4v) is 2.54. The van der Waals surface area contributed by atoms with Crippen LogP contribution in [0.3, 0.4) is 0 Å². The Kier molecular flexibility index (Phi) is 6.92. The largest absolute Gasteiger partial charge is 0.468 e. The Hall–Kier alpha value is -0.650. The number of likely N-dealkylation sites (N-methyl/N-ethyl adjacent to an activating group) is 1. The lowest BCUT2D eigenvalue weighted by molar-refractivity contribution is -0.148. The zero-order valence-electron chi connectivity index (χ0n) is 13.6. The molecule has 0 aromatic rings. The Morgan fingerprint density at radius 3 is 2.55 bits per heavy atom. The lowest BCUT2D eigenvalue weighted by atomic mass is 9.97. The van der Waals surface area contributed by atoms with Crippen molar-refractivity contribution in [2.75, 3.05) is 33.9 Å². The van der Waals surface area contributed by atoms with Gasteiger partial charge in [0.1, 0.15) is 5.54 Å². The summed E-state index contributed by atoms with van der Waals surface area (Å²) in [6.07, 6.45) is 3.06. The van der Waals surface area contributed by atoms with E-state index in [9.17, 15) is 4.79 Å². The summed E-state index contributed by atoms with van der Waals surface area (Å²) < 4.78 is 10.2. The summed E-state index contributed by atoms with van der Waals surface area (Å²) >= 11 is 0. The summed E-state index contributed by atoms with van der Waals surface area (Å²) in [5.74, 6) is -0.167. The summed E-state index contributed by atoms with van der Waals surface area (Å²) in [6.45, 7) is 8.75. The van der Waals surface area contributed by atoms with Crippen molar-refractivity contribution < 1.29 is 14.3 Å². The minimum atomic E-state index is -0.587. The molecule has 0 aromatic heterocycles. The first-order valence-corrected chi connectivity index (χ1v) is 7.56. The van der Waals surface area contributed by atoms with Gasteiger partial charge in [-0.25, -0.2) is 0 Å². The van der Waals surface area contributed by atoms with Gasteiger partial charge in [-0.2, -0.15) is 0 Å². The molecule has 0 bridgehead atoms. The highest BCUT2D eigenvalue weighted by molar-refractivity contribution is 5.80. The van der Waals surface area contributed by atoms with Gasteiger partial charge in [-0.15, -0.1) is 0 Å². The normalized spacial score (nSPS) is 19.7. The van der Waals surface area contributed by atoms with Gasteiger partial charge in [0.15, 0.2) is 0 Å². The second kappa shape index (κ2) is 7.96. The molecule has 0 aliphatic heterocycles. The third kappa shape index (κ3) is 5.04. The van der Waals surface area contributed by atoms with E-state index in [0.717, 1.165) is 32.4 Å². The summed E-state index contributed by atoms with van der Waals surface area (Å²) in [5.41, 5.74) is -0.587. The Balaban J connectivity index is 2.57. The summed E-state index contributed by atoms with van der Waals surface area (Å²) in [4.78, 5) is 14.4. The van der Waals surface area contributed by atoms with Crippen molar-refractivity contribution in [1.82, 2.24) is 10.2 Å². The van der Waals surface area contributed by atoms with E-state index in [2.05, 4.69) is 24.1 Å². The highest BCUT2D eigenvalue weighted by Gasteiger charge is 2.39. The first-order chi connectivity index (χ1) is 9.46. The lowest BCUT2D eigenvalue weighted by Crippen LogP contribution is -2.53. The summed E-state index contributed by atoms with van der Waals surface area (Å²) in [5, 5.41) is 3.44. The first-order valence-electron chi connectivity index (χ1n) is 7.56. The van der Waals surface area contributed by atoms with E-state index >= 15 is 0 Å². The van der Waals surface area contributed by atoms with Crippen LogP contribution in [-0.2, 0) is 14.3 Å². The van der Waals surface area contributed by atoms with E-state index < -0.39 is 5.54 Å². The number of carbonyl (C=O) groups is 1. The first kappa shape index (κ1) is 17.4. The van der Waals surface area contributed by atoms with Gasteiger partial charge in [-0.1, -0.05) is 6.92 Å². The Morgan fingerprint density at radius 2 is 2.10 bits per heavy atom. The van der Waals surface area contributed by atoms with Crippen molar-refractivity contribution in [3.05, 3.63) is 0 Å². The zero-order chi connectivity index (χ0) is 15.2. The van der Waals surface area contributed by atoms with E-state index in [0.29, 0.717) is 18.7 Å². The second-order valence-electron chi connectivity index (χ2n) is 5.93. The smallest absolute Gasteiger partial charge is 0.325 e. The molecule has 0 aromatic carbocycles. The molecule has 1 aliphatic carbocycles. The molecule has 118 valence electrons. The van der Waals surface area contributed by atoms with Crippen LogP contribution in [0, 0.1) is 0 Å². The third-order valence-corrected chi connectivity index (χ3v) is 4.07. The number of nitrogens with one attached hydrogen (secondary N) is 1. The number of rotatable bonds is 10. The molecule has 5 nitrogen and oxygen atoms in total. The van der Waals surface area contributed by atoms with Crippen LogP contribution in [0.25, 0.3) is 0 Å². The molecule has 2 unspecified atom stereocenters. The number of methoxy groups -OCH3 is 2. The SMILES string of the molecule is CCN(CCC(C)(NC1CC1)C(=O)OC)C(C)COC. The average Bonchev–Trinajstić information content (AvgIpc) is 3.22. The molecule has 1 rings (SSSR count). The van der Waals surface area contributed by atoms with Crippen LogP contribution >= 0.6 is 0 Å². The molecule has 0 saturated heterocycles. The topological polar surface area (TPSA) is 50.8 Å². The molecule has 0 radical (unpaired) electrons. The predicted octanol–water partition coefficient (Wildman–Crippen LogP) is 1.42. The Bertz CT molecular complexity index is 307. The van der Waals surface area contributed by atoms with Crippen LogP contribution < -0.4 is 5.32 Å². The Morgan fingerprint density at radius 1 is 1.45 bits per heavy atom. The van der Waals surface area contributed by atoms with Crippen molar-refractivity contribution in [2.45, 2.75) is 57.7 Å². The lowest BCUT2D eigenvalue weighted by Gasteiger charge is -2.33. The van der Waals surface area contributed by atoms with Crippen molar-refractivity contribution in [1.29, 1.82) is 0 Å². The fourth-order valence-electron chi connectivity index (χ4n) is 2.54. The van der Waals surface area contributed by atoms with Crippen LogP contribution in [0.4, 0.5) is 0 Å². The molecule has 20 heavy (non-hydrogen) atoms. The van der Waals surface area contributed by atoms with Crippen molar-refractivity contribution in [2.24, 2.45) is 0 Å². The molecule has 2 atom stereocenters. The standard InChI is InChI=1S/C15H30N2O3/c1-6-17(12(2)11-19-4)10-9-15(3,14(18)20-5)16-13-7-8-13/h12-13,16H,6-11H2,1-5H3. The van der Waals surface area contributed by atoms with Crippen molar-refractivity contribution >= 4 is 5.97 Å². The molecule has 1 N–H and O–H groups in total. The average molecular weight is 286 g/mol. The monoisotopic (exact) mass is 286 g/mol. The van der Waals surface area contributed by atoms with Crippen LogP contribution in [0.15, 0.2) is 0 Å². The van der Waals surface area contributed by atoms with E-state index in [-0.39, 0.29) is 5.97 Å². The maximum Gasteiger partial charge on any atom is 0.325 e. The maximum absolute atomic E-state index is 12.1. The number of hydrogen-bond acceptors (Lipinski definition) is 5. The minimum Gasteiger partial charge on any atom is -0.468 e. The van der Waals surface area contributed by atoms with Gasteiger partial charge in [-0.3, -0.25) is 15.0 Å². The summed E-state index contributed by atoms with van der Waals surface area (Å²) in [7, 11) is 3.18. The number of ether oxygens (including phenoxy) is 2. The molecular weight excluding hydrogens is 256 g/mol. The van der Waals surface area contributed by atoms with E-state index in [1.54, 1.807) is 7.11 Å². The molecule has 0 spiro atoms. The molecule has 1 saturated carbocycles. The number of nitrogens with zero attached hydrogens (tertiary/aromatic N) is 1. The highest BCUT2D eigenvalue weighted by atomic mass is 16.5. The van der Waals surface area contributed by atoms with Crippen molar-refractivity contribution in [3.63, 3.8) is 0 Å². The van der Waals surface area contributed by atoms with Gasteiger partial charge < -0.3 is 9.47 Å². The van der Waals surface area contributed by atoms with E-state index in [1.807, 2.05) is 6.92 Å². The number of hydrogen-bond donors (Lipinski definition) is 1. The number of esters is 1. The zero-order valence-corrected chi connectivity index (χ0v) is 13.6. The third-order valence-electron chi connectivity index (χ3n) is 4.07. The fraction of sp³-hybridized carbons (Fsp3) is 0.933. The highest BCUT2D eigenvalue weighted by Crippen LogP contribution is 2.25. The molecule has 1 aliphatic rings. The maximum atomic E-state index is 12.1.